The molecule has 1 unspecified atom stereocenters. The maximum absolute atomic E-state index is 13.0. The minimum atomic E-state index is -0.359. The van der Waals surface area contributed by atoms with Gasteiger partial charge in [-0.3, -0.25) is 9.29 Å². The zero-order chi connectivity index (χ0) is 25.2. The van der Waals surface area contributed by atoms with Crippen LogP contribution in [0, 0.1) is 5.92 Å². The van der Waals surface area contributed by atoms with Gasteiger partial charge in [0, 0.05) is 29.6 Å². The molecular formula is C30H32FNO4. The number of likely N-dealkylation sites (tertiary alicyclic amines) is 1. The van der Waals surface area contributed by atoms with E-state index < -0.39 is 0 Å². The maximum atomic E-state index is 13.0. The van der Waals surface area contributed by atoms with Gasteiger partial charge in [-0.25, -0.2) is 0 Å². The van der Waals surface area contributed by atoms with Crippen molar-refractivity contribution in [3.8, 4) is 23.0 Å². The highest BCUT2D eigenvalue weighted by Crippen LogP contribution is 2.47. The maximum Gasteiger partial charge on any atom is 0.150 e. The molecule has 2 heterocycles. The zero-order valence-corrected chi connectivity index (χ0v) is 20.7. The molecule has 0 bridgehead atoms. The summed E-state index contributed by atoms with van der Waals surface area (Å²) in [5.74, 6) is 2.03. The molecule has 0 radical (unpaired) electrons. The van der Waals surface area contributed by atoms with Crippen molar-refractivity contribution in [1.29, 1.82) is 0 Å². The van der Waals surface area contributed by atoms with E-state index in [1.165, 1.54) is 0 Å². The Bertz CT molecular complexity index is 1240. The van der Waals surface area contributed by atoms with Gasteiger partial charge in [0.15, 0.2) is 0 Å². The fraction of sp³-hybridized carbons (Fsp3) is 0.333. The van der Waals surface area contributed by atoms with Crippen LogP contribution >= 0.6 is 0 Å². The number of fused-ring (bicyclic) bond motifs is 1. The molecule has 3 aromatic rings. The molecule has 0 saturated carbocycles. The van der Waals surface area contributed by atoms with Gasteiger partial charge in [-0.1, -0.05) is 24.3 Å². The summed E-state index contributed by atoms with van der Waals surface area (Å²) in [6.45, 7) is 6.16. The fourth-order valence-corrected chi connectivity index (χ4v) is 5.13. The average Bonchev–Trinajstić information content (AvgIpc) is 3.38. The van der Waals surface area contributed by atoms with E-state index in [0.717, 1.165) is 53.1 Å². The minimum absolute atomic E-state index is 0.149. The lowest BCUT2D eigenvalue weighted by molar-refractivity contribution is 0.165. The van der Waals surface area contributed by atoms with Gasteiger partial charge in [0.25, 0.3) is 0 Å². The van der Waals surface area contributed by atoms with E-state index in [0.29, 0.717) is 12.4 Å². The Kier molecular flexibility index (Phi) is 6.88. The van der Waals surface area contributed by atoms with Crippen molar-refractivity contribution in [3.63, 3.8) is 0 Å². The number of phenols is 2. The normalized spacial score (nSPS) is 20.6. The Hall–Kier alpha value is -3.51. The molecule has 188 valence electrons. The van der Waals surface area contributed by atoms with Gasteiger partial charge in [0.05, 0.1) is 6.67 Å². The topological polar surface area (TPSA) is 62.2 Å². The highest BCUT2D eigenvalue weighted by Gasteiger charge is 2.30. The molecule has 3 atom stereocenters. The molecule has 2 aliphatic rings. The number of alkyl halides is 1. The Labute approximate surface area is 211 Å². The van der Waals surface area contributed by atoms with Gasteiger partial charge >= 0.3 is 0 Å². The summed E-state index contributed by atoms with van der Waals surface area (Å²) in [7, 11) is 0. The first-order chi connectivity index (χ1) is 17.4. The Morgan fingerprint density at radius 2 is 1.75 bits per heavy atom. The van der Waals surface area contributed by atoms with Crippen LogP contribution in [-0.4, -0.2) is 47.5 Å². The summed E-state index contributed by atoms with van der Waals surface area (Å²) in [5, 5.41) is 19.9. The van der Waals surface area contributed by atoms with Crippen molar-refractivity contribution < 1.29 is 24.1 Å². The van der Waals surface area contributed by atoms with E-state index in [9.17, 15) is 14.6 Å². The number of ether oxygens (including phenoxy) is 2. The monoisotopic (exact) mass is 489 g/mol. The number of allylic oxidation sites excluding steroid dienone is 1. The molecule has 2 aliphatic heterocycles. The van der Waals surface area contributed by atoms with Gasteiger partial charge in [0.2, 0.25) is 0 Å². The largest absolute Gasteiger partial charge is 0.508 e. The molecule has 6 heteroatoms. The Balaban J connectivity index is 1.37. The van der Waals surface area contributed by atoms with Crippen LogP contribution in [0.3, 0.4) is 0 Å². The van der Waals surface area contributed by atoms with Gasteiger partial charge in [-0.05, 0) is 86.0 Å². The summed E-state index contributed by atoms with van der Waals surface area (Å²) in [6.07, 6.45) is 0.553. The fourth-order valence-electron chi connectivity index (χ4n) is 5.13. The second-order valence-corrected chi connectivity index (χ2v) is 9.80. The van der Waals surface area contributed by atoms with E-state index >= 15 is 0 Å². The number of hydrogen-bond acceptors (Lipinski definition) is 5. The second-order valence-electron chi connectivity index (χ2n) is 9.80. The number of benzene rings is 3. The first-order valence-corrected chi connectivity index (χ1v) is 12.5. The number of aromatic hydroxyl groups is 2. The molecule has 5 nitrogen and oxygen atoms in total. The first-order valence-electron chi connectivity index (χ1n) is 12.5. The molecule has 0 aliphatic carbocycles. The summed E-state index contributed by atoms with van der Waals surface area (Å²) in [4.78, 5) is 2.29. The van der Waals surface area contributed by atoms with Crippen LogP contribution in [-0.2, 0) is 0 Å². The summed E-state index contributed by atoms with van der Waals surface area (Å²) in [5.41, 5.74) is 4.75. The predicted molar refractivity (Wildman–Crippen MR) is 139 cm³/mol. The van der Waals surface area contributed by atoms with Crippen LogP contribution < -0.4 is 9.47 Å². The van der Waals surface area contributed by atoms with Crippen molar-refractivity contribution in [1.82, 2.24) is 4.90 Å². The predicted octanol–water partition coefficient (Wildman–Crippen LogP) is 6.22. The second kappa shape index (κ2) is 10.2. The van der Waals surface area contributed by atoms with Crippen LogP contribution in [0.25, 0.3) is 11.1 Å². The zero-order valence-electron chi connectivity index (χ0n) is 20.7. The lowest BCUT2D eigenvalue weighted by atomic mass is 9.86. The lowest BCUT2D eigenvalue weighted by Gasteiger charge is -2.31. The third-order valence-electron chi connectivity index (χ3n) is 7.29. The van der Waals surface area contributed by atoms with E-state index in [4.69, 9.17) is 9.47 Å². The highest BCUT2D eigenvalue weighted by molar-refractivity contribution is 5.95. The lowest BCUT2D eigenvalue weighted by Crippen LogP contribution is -2.35. The molecule has 0 spiro atoms. The van der Waals surface area contributed by atoms with Crippen molar-refractivity contribution in [2.45, 2.75) is 32.4 Å². The van der Waals surface area contributed by atoms with Crippen molar-refractivity contribution in [2.75, 3.05) is 26.4 Å². The summed E-state index contributed by atoms with van der Waals surface area (Å²) in [6, 6.07) is 20.4. The molecule has 36 heavy (non-hydrogen) atoms. The quantitative estimate of drug-likeness (QED) is 0.413. The Morgan fingerprint density at radius 1 is 1.03 bits per heavy atom. The van der Waals surface area contributed by atoms with E-state index in [-0.39, 0.29) is 36.2 Å². The van der Waals surface area contributed by atoms with Crippen molar-refractivity contribution in [3.05, 3.63) is 83.4 Å². The van der Waals surface area contributed by atoms with Crippen LogP contribution in [0.2, 0.25) is 0 Å². The SMILES string of the molecule is CC1=C(c2ccc(O)cc2)C(c2ccc(OC[C@H](C)N3CC[C@@H](CF)C3)cc2)Oc2ccc(O)cc21. The third-order valence-corrected chi connectivity index (χ3v) is 7.29. The molecular weight excluding hydrogens is 457 g/mol. The molecule has 5 rings (SSSR count). The average molecular weight is 490 g/mol. The molecule has 0 aromatic heterocycles. The van der Waals surface area contributed by atoms with Gasteiger partial charge < -0.3 is 19.7 Å². The molecule has 2 N–H and O–H groups in total. The third kappa shape index (κ3) is 4.91. The van der Waals surface area contributed by atoms with E-state index in [2.05, 4.69) is 11.8 Å². The summed E-state index contributed by atoms with van der Waals surface area (Å²) < 4.78 is 25.5. The van der Waals surface area contributed by atoms with Gasteiger partial charge in [-0.15, -0.1) is 0 Å². The van der Waals surface area contributed by atoms with Crippen LogP contribution in [0.15, 0.2) is 66.7 Å². The Morgan fingerprint density at radius 3 is 2.44 bits per heavy atom. The van der Waals surface area contributed by atoms with Crippen molar-refractivity contribution >= 4 is 11.1 Å². The van der Waals surface area contributed by atoms with Crippen LogP contribution in [0.1, 0.15) is 43.1 Å². The number of phenolic OH excluding ortho intramolecular Hbond substituents is 2. The minimum Gasteiger partial charge on any atom is -0.508 e. The number of halogens is 1. The smallest absolute Gasteiger partial charge is 0.150 e. The molecule has 3 aromatic carbocycles. The summed E-state index contributed by atoms with van der Waals surface area (Å²) >= 11 is 0. The van der Waals surface area contributed by atoms with E-state index in [1.807, 2.05) is 43.3 Å². The number of hydrogen-bond donors (Lipinski definition) is 2. The van der Waals surface area contributed by atoms with Gasteiger partial charge in [-0.2, -0.15) is 0 Å². The molecule has 1 saturated heterocycles. The molecule has 1 fully saturated rings. The standard InChI is InChI=1S/C30H32FNO4/c1-19(32-14-13-21(16-31)17-32)18-35-26-10-5-23(6-11-26)30-29(22-3-7-24(33)8-4-22)20(2)27-15-25(34)9-12-28(27)36-30/h3-12,15,19,21,30,33-34H,13-14,16-18H2,1-2H3/t19-,21-,30?/m0/s1. The first kappa shape index (κ1) is 24.2. The molecule has 0 amide bonds. The van der Waals surface area contributed by atoms with E-state index in [1.54, 1.807) is 30.3 Å². The van der Waals surface area contributed by atoms with Crippen LogP contribution in [0.4, 0.5) is 4.39 Å². The number of rotatable bonds is 7. The van der Waals surface area contributed by atoms with Gasteiger partial charge in [0.1, 0.15) is 35.7 Å². The van der Waals surface area contributed by atoms with Crippen molar-refractivity contribution in [2.24, 2.45) is 5.92 Å². The number of nitrogens with zero attached hydrogens (tertiary/aromatic N) is 1. The highest BCUT2D eigenvalue weighted by atomic mass is 19.1. The van der Waals surface area contributed by atoms with Crippen LogP contribution in [0.5, 0.6) is 23.0 Å².